The molecule has 45 valence electrons. The monoisotopic (exact) mass is 411 g/mol. The van der Waals surface area contributed by atoms with Crippen molar-refractivity contribution in [2.45, 2.75) is 0 Å². The molecule has 7 heavy (non-hydrogen) atoms. The molecule has 0 saturated carbocycles. The quantitative estimate of drug-likeness (QED) is 0.489. The first-order chi connectivity index (χ1) is 1.73. The van der Waals surface area contributed by atoms with Gasteiger partial charge in [0.25, 0.3) is 0 Å². The third kappa shape index (κ3) is 71.1. The van der Waals surface area contributed by atoms with Gasteiger partial charge in [-0.2, -0.15) is 0 Å². The number of hydrogen-bond donors (Lipinski definition) is 2. The fourth-order valence-corrected chi connectivity index (χ4v) is 0. The molecule has 4 N–H and O–H groups in total. The van der Waals surface area contributed by atoms with Crippen molar-refractivity contribution in [2.24, 2.45) is 0 Å². The Balaban J connectivity index is -0.0000000150. The fraction of sp³-hybridized carbons (Fsp3) is 0. The van der Waals surface area contributed by atoms with Crippen LogP contribution in [0.3, 0.4) is 0 Å². The molecule has 0 aromatic heterocycles. The summed E-state index contributed by atoms with van der Waals surface area (Å²) in [6, 6.07) is 0. The van der Waals surface area contributed by atoms with Gasteiger partial charge in [-0.15, -0.1) is 0 Å². The molecule has 0 heterocycles. The van der Waals surface area contributed by atoms with Gasteiger partial charge in [0.05, 0.1) is 0 Å². The van der Waals surface area contributed by atoms with E-state index in [0.29, 0.717) is 0 Å². The van der Waals surface area contributed by atoms with E-state index in [2.05, 4.69) is 0 Å². The molecule has 4 nitrogen and oxygen atoms in total. The molecular formula is CH5AuCsO4. The number of hydrogen-bond acceptors (Lipinski definition) is 1. The molecule has 0 aliphatic carbocycles. The SMILES string of the molecule is O.O=C(O)O.[Au].[CsH]. The van der Waals surface area contributed by atoms with Crippen LogP contribution in [0.15, 0.2) is 0 Å². The summed E-state index contributed by atoms with van der Waals surface area (Å²) >= 11 is 0. The van der Waals surface area contributed by atoms with Gasteiger partial charge in [0.1, 0.15) is 0 Å². The molecule has 0 spiro atoms. The van der Waals surface area contributed by atoms with Crippen LogP contribution in [0.25, 0.3) is 0 Å². The molecule has 0 aliphatic heterocycles. The molecule has 0 aromatic carbocycles. The molecule has 6 heteroatoms. The van der Waals surface area contributed by atoms with Crippen molar-refractivity contribution < 1.29 is 42.9 Å². The Morgan fingerprint density at radius 1 is 1.29 bits per heavy atom. The second-order valence-electron chi connectivity index (χ2n) is 0.283. The first kappa shape index (κ1) is 23.0. The number of rotatable bonds is 0. The van der Waals surface area contributed by atoms with Gasteiger partial charge in [-0.25, -0.2) is 4.79 Å². The van der Waals surface area contributed by atoms with E-state index in [0.717, 1.165) is 0 Å². The zero-order chi connectivity index (χ0) is 3.58. The van der Waals surface area contributed by atoms with Crippen LogP contribution in [-0.4, -0.2) is 90.7 Å². The summed E-state index contributed by atoms with van der Waals surface area (Å²) in [5, 5.41) is 13.9. The van der Waals surface area contributed by atoms with Crippen molar-refractivity contribution >= 4 is 75.0 Å². The standard InChI is InChI=1S/CH2O3.Au.Cs.H2O.H/c2-1(3)4;;;;/h(H2,2,3,4);;;1H2;. The molecule has 0 bridgehead atoms. The minimum absolute atomic E-state index is 0. The molecule has 0 aliphatic rings. The summed E-state index contributed by atoms with van der Waals surface area (Å²) in [7, 11) is 0. The van der Waals surface area contributed by atoms with E-state index < -0.39 is 6.16 Å². The Kier molecular flexibility index (Phi) is 51.6. The summed E-state index contributed by atoms with van der Waals surface area (Å²) in [6.45, 7) is 0. The molecular weight excluding hydrogens is 406 g/mol. The van der Waals surface area contributed by atoms with Crippen LogP contribution in [0.2, 0.25) is 0 Å². The maximum absolute atomic E-state index is 8.56. The molecule has 0 saturated heterocycles. The van der Waals surface area contributed by atoms with Crippen LogP contribution in [0, 0.1) is 0 Å². The predicted molar refractivity (Wildman–Crippen MR) is 21.4 cm³/mol. The van der Waals surface area contributed by atoms with Crippen molar-refractivity contribution in [1.82, 2.24) is 0 Å². The molecule has 0 amide bonds. The van der Waals surface area contributed by atoms with Gasteiger partial charge in [0.2, 0.25) is 0 Å². The van der Waals surface area contributed by atoms with Crippen molar-refractivity contribution in [3.05, 3.63) is 0 Å². The van der Waals surface area contributed by atoms with Crippen molar-refractivity contribution in [3.8, 4) is 0 Å². The average Bonchev–Trinajstić information content (AvgIpc) is 0.811. The van der Waals surface area contributed by atoms with Crippen molar-refractivity contribution in [2.75, 3.05) is 0 Å². The van der Waals surface area contributed by atoms with E-state index in [1.807, 2.05) is 0 Å². The fourth-order valence-electron chi connectivity index (χ4n) is 0. The van der Waals surface area contributed by atoms with E-state index in [1.165, 1.54) is 0 Å². The van der Waals surface area contributed by atoms with Crippen LogP contribution >= 0.6 is 0 Å². The Bertz CT molecular complexity index is 34.7. The maximum atomic E-state index is 8.56. The van der Waals surface area contributed by atoms with E-state index in [4.69, 9.17) is 15.0 Å². The topological polar surface area (TPSA) is 89.0 Å². The van der Waals surface area contributed by atoms with Crippen LogP contribution in [0.5, 0.6) is 0 Å². The van der Waals surface area contributed by atoms with Crippen molar-refractivity contribution in [3.63, 3.8) is 0 Å². The van der Waals surface area contributed by atoms with Gasteiger partial charge in [-0.05, 0) is 0 Å². The van der Waals surface area contributed by atoms with E-state index in [1.54, 1.807) is 0 Å². The second-order valence-corrected chi connectivity index (χ2v) is 0.283. The summed E-state index contributed by atoms with van der Waals surface area (Å²) in [5.41, 5.74) is 0. The third-order valence-corrected chi connectivity index (χ3v) is 0. The van der Waals surface area contributed by atoms with Gasteiger partial charge in [0.15, 0.2) is 0 Å². The molecule has 0 fully saturated rings. The Labute approximate surface area is 115 Å². The molecule has 1 radical (unpaired) electrons. The summed E-state index contributed by atoms with van der Waals surface area (Å²) < 4.78 is 0. The first-order valence-electron chi connectivity index (χ1n) is 0.651. The van der Waals surface area contributed by atoms with Crippen LogP contribution in [0.1, 0.15) is 0 Å². The van der Waals surface area contributed by atoms with Gasteiger partial charge < -0.3 is 15.7 Å². The van der Waals surface area contributed by atoms with Crippen LogP contribution < -0.4 is 0 Å². The van der Waals surface area contributed by atoms with E-state index in [9.17, 15) is 0 Å². The molecule has 0 rings (SSSR count). The third-order valence-electron chi connectivity index (χ3n) is 0. The van der Waals surface area contributed by atoms with Gasteiger partial charge in [-0.1, -0.05) is 0 Å². The number of carbonyl (C=O) groups is 1. The summed E-state index contributed by atoms with van der Waals surface area (Å²) in [5.74, 6) is 0. The molecule has 0 aromatic rings. The summed E-state index contributed by atoms with van der Waals surface area (Å²) in [6.07, 6.45) is -1.83. The second kappa shape index (κ2) is 15.7. The first-order valence-corrected chi connectivity index (χ1v) is 0.651. The summed E-state index contributed by atoms with van der Waals surface area (Å²) in [4.78, 5) is 8.56. The van der Waals surface area contributed by atoms with Crippen LogP contribution in [0.4, 0.5) is 4.79 Å². The molecule has 0 atom stereocenters. The Hall–Kier alpha value is 2.02. The van der Waals surface area contributed by atoms with Gasteiger partial charge in [0, 0.05) is 22.4 Å². The van der Waals surface area contributed by atoms with Gasteiger partial charge in [-0.3, -0.25) is 0 Å². The molecule has 0 unspecified atom stereocenters. The zero-order valence-corrected chi connectivity index (χ0v) is 4.77. The Morgan fingerprint density at radius 2 is 1.29 bits per heavy atom. The minimum atomic E-state index is -1.83. The van der Waals surface area contributed by atoms with Gasteiger partial charge >= 0.3 is 75.0 Å². The zero-order valence-electron chi connectivity index (χ0n) is 2.60. The van der Waals surface area contributed by atoms with Crippen molar-refractivity contribution in [1.29, 1.82) is 0 Å². The predicted octanol–water partition coefficient (Wildman–Crippen LogP) is -1.25. The van der Waals surface area contributed by atoms with E-state index >= 15 is 0 Å². The van der Waals surface area contributed by atoms with Crippen LogP contribution in [-0.2, 0) is 22.4 Å². The Morgan fingerprint density at radius 3 is 1.29 bits per heavy atom. The number of carboxylic acid groups (broad SMARTS) is 2. The average molecular weight is 411 g/mol. The van der Waals surface area contributed by atoms with E-state index in [-0.39, 0.29) is 96.8 Å². The normalized spacial score (nSPS) is 3.43.